The van der Waals surface area contributed by atoms with Gasteiger partial charge in [0.15, 0.2) is 0 Å². The van der Waals surface area contributed by atoms with Crippen molar-refractivity contribution in [2.45, 2.75) is 32.8 Å². The van der Waals surface area contributed by atoms with Crippen molar-refractivity contribution < 1.29 is 9.13 Å². The van der Waals surface area contributed by atoms with E-state index in [9.17, 15) is 4.39 Å². The Kier molecular flexibility index (Phi) is 4.51. The summed E-state index contributed by atoms with van der Waals surface area (Å²) < 4.78 is 21.3. The Morgan fingerprint density at radius 2 is 2.12 bits per heavy atom. The van der Waals surface area contributed by atoms with Crippen molar-refractivity contribution in [3.8, 4) is 16.9 Å². The number of halogens is 2. The Morgan fingerprint density at radius 3 is 2.88 bits per heavy atom. The Labute approximate surface area is 156 Å². The molecule has 0 bridgehead atoms. The Balaban J connectivity index is 1.92. The first-order valence-electron chi connectivity index (χ1n) is 8.64. The fraction of sp³-hybridized carbons (Fsp3) is 0.300. The van der Waals surface area contributed by atoms with Crippen molar-refractivity contribution in [2.24, 2.45) is 0 Å². The first-order chi connectivity index (χ1) is 12.5. The van der Waals surface area contributed by atoms with Crippen LogP contribution in [0, 0.1) is 12.7 Å². The smallest absolute Gasteiger partial charge is 0.141 e. The molecule has 1 atom stereocenters. The highest BCUT2D eigenvalue weighted by Gasteiger charge is 2.24. The standard InChI is InChI=1S/C20H19ClFN3O/c1-12-9-14(5-7-23-12)20-16-6-8-26-13(2)10-19(16)25(24-20)15-3-4-18(22)17(21)11-15/h3-5,7,9,11,13H,6,8,10H2,1-2H3/t13-/m1/s1. The van der Waals surface area contributed by atoms with Gasteiger partial charge in [-0.2, -0.15) is 5.10 Å². The summed E-state index contributed by atoms with van der Waals surface area (Å²) in [6.07, 6.45) is 3.41. The van der Waals surface area contributed by atoms with E-state index in [2.05, 4.69) is 11.9 Å². The predicted octanol–water partition coefficient (Wildman–Crippen LogP) is 4.54. The second-order valence-electron chi connectivity index (χ2n) is 6.61. The van der Waals surface area contributed by atoms with Gasteiger partial charge in [0.1, 0.15) is 5.82 Å². The first kappa shape index (κ1) is 17.2. The van der Waals surface area contributed by atoms with Crippen molar-refractivity contribution in [2.75, 3.05) is 6.61 Å². The van der Waals surface area contributed by atoms with E-state index in [4.69, 9.17) is 21.4 Å². The lowest BCUT2D eigenvalue weighted by Crippen LogP contribution is -2.13. The number of rotatable bonds is 2. The molecule has 134 valence electrons. The maximum absolute atomic E-state index is 13.6. The van der Waals surface area contributed by atoms with E-state index in [0.29, 0.717) is 6.61 Å². The van der Waals surface area contributed by atoms with Gasteiger partial charge >= 0.3 is 0 Å². The molecule has 0 unspecified atom stereocenters. The van der Waals surface area contributed by atoms with Crippen molar-refractivity contribution in [3.63, 3.8) is 0 Å². The largest absolute Gasteiger partial charge is 0.378 e. The molecule has 0 aliphatic carbocycles. The van der Waals surface area contributed by atoms with Gasteiger partial charge in [0.2, 0.25) is 0 Å². The molecule has 4 nitrogen and oxygen atoms in total. The van der Waals surface area contributed by atoms with E-state index in [1.165, 1.54) is 11.6 Å². The fourth-order valence-corrected chi connectivity index (χ4v) is 3.58. The number of hydrogen-bond donors (Lipinski definition) is 0. The van der Waals surface area contributed by atoms with Gasteiger partial charge < -0.3 is 4.74 Å². The van der Waals surface area contributed by atoms with E-state index in [1.807, 2.05) is 23.7 Å². The average molecular weight is 372 g/mol. The van der Waals surface area contributed by atoms with E-state index < -0.39 is 5.82 Å². The van der Waals surface area contributed by atoms with Crippen LogP contribution in [0.2, 0.25) is 5.02 Å². The van der Waals surface area contributed by atoms with Gasteiger partial charge in [0.25, 0.3) is 0 Å². The van der Waals surface area contributed by atoms with E-state index >= 15 is 0 Å². The Morgan fingerprint density at radius 1 is 1.27 bits per heavy atom. The summed E-state index contributed by atoms with van der Waals surface area (Å²) in [6, 6.07) is 8.68. The Bertz CT molecular complexity index is 970. The van der Waals surface area contributed by atoms with Crippen molar-refractivity contribution in [1.29, 1.82) is 0 Å². The normalized spacial score (nSPS) is 17.0. The van der Waals surface area contributed by atoms with Crippen molar-refractivity contribution >= 4 is 11.6 Å². The van der Waals surface area contributed by atoms with Crippen LogP contribution in [0.25, 0.3) is 16.9 Å². The van der Waals surface area contributed by atoms with Gasteiger partial charge in [-0.05, 0) is 50.6 Å². The number of pyridine rings is 1. The summed E-state index contributed by atoms with van der Waals surface area (Å²) in [5, 5.41) is 4.96. The summed E-state index contributed by atoms with van der Waals surface area (Å²) in [5.41, 5.74) is 5.88. The summed E-state index contributed by atoms with van der Waals surface area (Å²) in [6.45, 7) is 4.67. The van der Waals surface area contributed by atoms with E-state index in [-0.39, 0.29) is 11.1 Å². The highest BCUT2D eigenvalue weighted by Crippen LogP contribution is 2.32. The monoisotopic (exact) mass is 371 g/mol. The van der Waals surface area contributed by atoms with Crippen molar-refractivity contribution in [1.82, 2.24) is 14.8 Å². The first-order valence-corrected chi connectivity index (χ1v) is 9.01. The molecule has 0 saturated heterocycles. The number of aryl methyl sites for hydroxylation is 1. The fourth-order valence-electron chi connectivity index (χ4n) is 3.41. The van der Waals surface area contributed by atoms with Gasteiger partial charge in [-0.15, -0.1) is 0 Å². The van der Waals surface area contributed by atoms with Crippen molar-refractivity contribution in [3.05, 3.63) is 64.3 Å². The number of ether oxygens (including phenoxy) is 1. The minimum atomic E-state index is -0.435. The molecule has 26 heavy (non-hydrogen) atoms. The topological polar surface area (TPSA) is 39.9 Å². The molecule has 0 amide bonds. The second kappa shape index (κ2) is 6.82. The third kappa shape index (κ3) is 3.13. The number of aromatic nitrogens is 3. The molecule has 3 heterocycles. The minimum Gasteiger partial charge on any atom is -0.378 e. The lowest BCUT2D eigenvalue weighted by Gasteiger charge is -2.11. The van der Waals surface area contributed by atoms with Crippen LogP contribution in [0.15, 0.2) is 36.5 Å². The molecule has 0 N–H and O–H groups in total. The summed E-state index contributed by atoms with van der Waals surface area (Å²) in [7, 11) is 0. The van der Waals surface area contributed by atoms with Gasteiger partial charge in [0.05, 0.1) is 34.8 Å². The average Bonchev–Trinajstić information content (AvgIpc) is 2.84. The minimum absolute atomic E-state index is 0.0889. The second-order valence-corrected chi connectivity index (χ2v) is 7.01. The highest BCUT2D eigenvalue weighted by molar-refractivity contribution is 6.30. The zero-order chi connectivity index (χ0) is 18.3. The maximum atomic E-state index is 13.6. The number of nitrogens with zero attached hydrogens (tertiary/aromatic N) is 3. The highest BCUT2D eigenvalue weighted by atomic mass is 35.5. The third-order valence-electron chi connectivity index (χ3n) is 4.64. The molecule has 3 aromatic rings. The van der Waals surface area contributed by atoms with E-state index in [1.54, 1.807) is 18.3 Å². The molecule has 1 aromatic carbocycles. The van der Waals surface area contributed by atoms with Crippen LogP contribution < -0.4 is 0 Å². The molecular formula is C20H19ClFN3O. The molecular weight excluding hydrogens is 353 g/mol. The Hall–Kier alpha value is -2.24. The quantitative estimate of drug-likeness (QED) is 0.664. The number of hydrogen-bond acceptors (Lipinski definition) is 3. The molecule has 0 radical (unpaired) electrons. The molecule has 0 saturated carbocycles. The summed E-state index contributed by atoms with van der Waals surface area (Å²) >= 11 is 6.00. The lowest BCUT2D eigenvalue weighted by molar-refractivity contribution is 0.0735. The number of benzene rings is 1. The van der Waals surface area contributed by atoms with Crippen LogP contribution in [0.3, 0.4) is 0 Å². The van der Waals surface area contributed by atoms with Gasteiger partial charge in [-0.1, -0.05) is 11.6 Å². The molecule has 4 rings (SSSR count). The SMILES string of the molecule is Cc1cc(-c2nn(-c3ccc(F)c(Cl)c3)c3c2CCO[C@H](C)C3)ccn1. The van der Waals surface area contributed by atoms with Crippen LogP contribution in [-0.4, -0.2) is 27.5 Å². The van der Waals surface area contributed by atoms with Crippen LogP contribution in [-0.2, 0) is 17.6 Å². The number of fused-ring (bicyclic) bond motifs is 1. The zero-order valence-corrected chi connectivity index (χ0v) is 15.4. The molecule has 0 fully saturated rings. The van der Waals surface area contributed by atoms with Gasteiger partial charge in [-0.3, -0.25) is 4.98 Å². The molecule has 6 heteroatoms. The molecule has 0 spiro atoms. The summed E-state index contributed by atoms with van der Waals surface area (Å²) in [5.74, 6) is -0.435. The van der Waals surface area contributed by atoms with E-state index in [0.717, 1.165) is 41.2 Å². The van der Waals surface area contributed by atoms with Crippen LogP contribution in [0.1, 0.15) is 23.9 Å². The zero-order valence-electron chi connectivity index (χ0n) is 14.7. The molecule has 1 aliphatic rings. The molecule has 2 aromatic heterocycles. The third-order valence-corrected chi connectivity index (χ3v) is 4.93. The summed E-state index contributed by atoms with van der Waals surface area (Å²) in [4.78, 5) is 4.28. The van der Waals surface area contributed by atoms with Crippen LogP contribution in [0.4, 0.5) is 4.39 Å². The molecule has 1 aliphatic heterocycles. The van der Waals surface area contributed by atoms with Crippen LogP contribution >= 0.6 is 11.6 Å². The van der Waals surface area contributed by atoms with Crippen LogP contribution in [0.5, 0.6) is 0 Å². The maximum Gasteiger partial charge on any atom is 0.141 e. The van der Waals surface area contributed by atoms with Gasteiger partial charge in [-0.25, -0.2) is 9.07 Å². The predicted molar refractivity (Wildman–Crippen MR) is 99.3 cm³/mol. The van der Waals surface area contributed by atoms with Gasteiger partial charge in [0, 0.05) is 29.4 Å². The lowest BCUT2D eigenvalue weighted by atomic mass is 10.0.